The number of hydrogen-bond acceptors (Lipinski definition) is 1. The van der Waals surface area contributed by atoms with Crippen molar-refractivity contribution in [3.8, 4) is 0 Å². The molecule has 9 atom stereocenters. The Bertz CT molecular complexity index is 460. The highest BCUT2D eigenvalue weighted by Crippen LogP contribution is 2.69. The maximum Gasteiger partial charge on any atom is 0.220 e. The number of amides is 1. The summed E-state index contributed by atoms with van der Waals surface area (Å²) in [7, 11) is 0. The molecule has 5 fully saturated rings. The lowest BCUT2D eigenvalue weighted by atomic mass is 9.54. The number of hydrogen-bond donors (Lipinski definition) is 1. The highest BCUT2D eigenvalue weighted by Gasteiger charge is 2.62. The van der Waals surface area contributed by atoms with Crippen LogP contribution in [0.4, 0.5) is 0 Å². The number of nitrogens with two attached hydrogens (primary N) is 1. The molecule has 5 aliphatic carbocycles. The van der Waals surface area contributed by atoms with Crippen LogP contribution in [0.25, 0.3) is 0 Å². The summed E-state index contributed by atoms with van der Waals surface area (Å²) in [4.78, 5) is 11.6. The first-order valence-corrected chi connectivity index (χ1v) is 9.53. The minimum atomic E-state index is -0.0142. The van der Waals surface area contributed by atoms with Gasteiger partial charge in [-0.25, -0.2) is 0 Å². The molecule has 5 saturated carbocycles. The van der Waals surface area contributed by atoms with Gasteiger partial charge in [-0.2, -0.15) is 0 Å². The van der Waals surface area contributed by atoms with Crippen LogP contribution in [0.1, 0.15) is 57.8 Å². The van der Waals surface area contributed by atoms with Gasteiger partial charge in [-0.05, 0) is 92.3 Å². The van der Waals surface area contributed by atoms with Crippen molar-refractivity contribution in [2.75, 3.05) is 0 Å². The summed E-state index contributed by atoms with van der Waals surface area (Å²) >= 11 is 0. The van der Waals surface area contributed by atoms with Crippen LogP contribution in [0.2, 0.25) is 0 Å². The molecule has 5 aliphatic rings. The Kier molecular flexibility index (Phi) is 2.77. The van der Waals surface area contributed by atoms with Gasteiger partial charge >= 0.3 is 0 Å². The Hall–Kier alpha value is -0.530. The molecule has 0 aromatic carbocycles. The van der Waals surface area contributed by atoms with Gasteiger partial charge in [0.2, 0.25) is 5.91 Å². The van der Waals surface area contributed by atoms with E-state index in [2.05, 4.69) is 0 Å². The third kappa shape index (κ3) is 1.80. The van der Waals surface area contributed by atoms with E-state index in [-0.39, 0.29) is 11.8 Å². The second-order valence-corrected chi connectivity index (χ2v) is 8.99. The molecule has 21 heavy (non-hydrogen) atoms. The first-order valence-electron chi connectivity index (χ1n) is 9.53. The molecule has 9 unspecified atom stereocenters. The summed E-state index contributed by atoms with van der Waals surface area (Å²) < 4.78 is 0. The fraction of sp³-hybridized carbons (Fsp3) is 0.947. The van der Waals surface area contributed by atoms with Gasteiger partial charge in [0.1, 0.15) is 0 Å². The fourth-order valence-corrected chi connectivity index (χ4v) is 7.67. The van der Waals surface area contributed by atoms with Gasteiger partial charge in [0.25, 0.3) is 0 Å². The molecule has 0 heterocycles. The van der Waals surface area contributed by atoms with E-state index in [4.69, 9.17) is 5.73 Å². The zero-order valence-corrected chi connectivity index (χ0v) is 13.0. The zero-order valence-electron chi connectivity index (χ0n) is 13.0. The SMILES string of the molecule is NC(=O)C1CC2CCC3C4CCCCC4C4CC4C3C2C1. The summed E-state index contributed by atoms with van der Waals surface area (Å²) in [5.41, 5.74) is 5.63. The summed E-state index contributed by atoms with van der Waals surface area (Å²) in [5.74, 6) is 8.18. The van der Waals surface area contributed by atoms with Crippen molar-refractivity contribution >= 4 is 5.91 Å². The van der Waals surface area contributed by atoms with E-state index in [1.165, 1.54) is 44.9 Å². The van der Waals surface area contributed by atoms with Crippen molar-refractivity contribution in [3.05, 3.63) is 0 Å². The van der Waals surface area contributed by atoms with Gasteiger partial charge in [0, 0.05) is 5.92 Å². The number of carbonyl (C=O) groups is 1. The molecule has 0 bridgehead atoms. The molecule has 0 aliphatic heterocycles. The van der Waals surface area contributed by atoms with Crippen LogP contribution in [0.5, 0.6) is 0 Å². The standard InChI is InChI=1S/C19H29NO/c20-19(21)11-7-10-5-6-14-12-3-1-2-4-13(12)16-9-17(16)18(14)15(10)8-11/h10-18H,1-9H2,(H2,20,21). The van der Waals surface area contributed by atoms with Crippen LogP contribution in [0.3, 0.4) is 0 Å². The second kappa shape index (κ2) is 4.49. The molecular formula is C19H29NO. The first-order chi connectivity index (χ1) is 10.2. The topological polar surface area (TPSA) is 43.1 Å². The molecule has 1 amide bonds. The molecular weight excluding hydrogens is 258 g/mol. The molecule has 5 rings (SSSR count). The highest BCUT2D eigenvalue weighted by molar-refractivity contribution is 5.77. The monoisotopic (exact) mass is 287 g/mol. The number of rotatable bonds is 1. The van der Waals surface area contributed by atoms with Gasteiger partial charge in [-0.1, -0.05) is 12.8 Å². The van der Waals surface area contributed by atoms with E-state index in [0.29, 0.717) is 0 Å². The molecule has 0 spiro atoms. The maximum absolute atomic E-state index is 11.6. The van der Waals surface area contributed by atoms with Crippen LogP contribution in [0.15, 0.2) is 0 Å². The zero-order chi connectivity index (χ0) is 14.1. The van der Waals surface area contributed by atoms with Crippen molar-refractivity contribution < 1.29 is 4.79 Å². The van der Waals surface area contributed by atoms with Gasteiger partial charge in [0.05, 0.1) is 0 Å². The van der Waals surface area contributed by atoms with Gasteiger partial charge in [0.15, 0.2) is 0 Å². The quantitative estimate of drug-likeness (QED) is 0.787. The van der Waals surface area contributed by atoms with Crippen molar-refractivity contribution in [3.63, 3.8) is 0 Å². The molecule has 0 saturated heterocycles. The van der Waals surface area contributed by atoms with Crippen molar-refractivity contribution in [2.45, 2.75) is 57.8 Å². The lowest BCUT2D eigenvalue weighted by molar-refractivity contribution is -0.121. The van der Waals surface area contributed by atoms with E-state index in [1.807, 2.05) is 0 Å². The molecule has 2 N–H and O–H groups in total. The highest BCUT2D eigenvalue weighted by atomic mass is 16.1. The average Bonchev–Trinajstić information content (AvgIpc) is 3.17. The fourth-order valence-electron chi connectivity index (χ4n) is 7.67. The minimum Gasteiger partial charge on any atom is -0.369 e. The maximum atomic E-state index is 11.6. The second-order valence-electron chi connectivity index (χ2n) is 8.99. The van der Waals surface area contributed by atoms with E-state index >= 15 is 0 Å². The van der Waals surface area contributed by atoms with Crippen LogP contribution in [-0.4, -0.2) is 5.91 Å². The molecule has 0 aromatic heterocycles. The Labute approximate surface area is 128 Å². The van der Waals surface area contributed by atoms with E-state index in [9.17, 15) is 4.79 Å². The first kappa shape index (κ1) is 13.0. The van der Waals surface area contributed by atoms with Crippen LogP contribution >= 0.6 is 0 Å². The predicted octanol–water partition coefficient (Wildman–Crippen LogP) is 3.60. The normalized spacial score (nSPS) is 57.6. The summed E-state index contributed by atoms with van der Waals surface area (Å²) in [6.07, 6.45) is 12.7. The lowest BCUT2D eigenvalue weighted by Crippen LogP contribution is -2.45. The van der Waals surface area contributed by atoms with E-state index in [1.54, 1.807) is 0 Å². The van der Waals surface area contributed by atoms with Crippen LogP contribution in [0, 0.1) is 53.3 Å². The summed E-state index contributed by atoms with van der Waals surface area (Å²) in [6, 6.07) is 0. The minimum absolute atomic E-state index is 0.0142. The predicted molar refractivity (Wildman–Crippen MR) is 82.2 cm³/mol. The number of fused-ring (bicyclic) bond motifs is 8. The molecule has 0 radical (unpaired) electrons. The summed E-state index contributed by atoms with van der Waals surface area (Å²) in [5, 5.41) is 0. The third-order valence-electron chi connectivity index (χ3n) is 8.37. The van der Waals surface area contributed by atoms with Gasteiger partial charge in [-0.3, -0.25) is 4.79 Å². The van der Waals surface area contributed by atoms with Crippen LogP contribution < -0.4 is 5.73 Å². The molecule has 0 aromatic rings. The smallest absolute Gasteiger partial charge is 0.220 e. The number of primary amides is 1. The van der Waals surface area contributed by atoms with E-state index < -0.39 is 0 Å². The Morgan fingerprint density at radius 2 is 1.48 bits per heavy atom. The van der Waals surface area contributed by atoms with E-state index in [0.717, 1.165) is 60.2 Å². The van der Waals surface area contributed by atoms with Crippen LogP contribution in [-0.2, 0) is 4.79 Å². The average molecular weight is 287 g/mol. The lowest BCUT2D eigenvalue weighted by Gasteiger charge is -2.51. The van der Waals surface area contributed by atoms with Crippen molar-refractivity contribution in [1.29, 1.82) is 0 Å². The number of carbonyl (C=O) groups excluding carboxylic acids is 1. The molecule has 2 heteroatoms. The van der Waals surface area contributed by atoms with Gasteiger partial charge < -0.3 is 5.73 Å². The Morgan fingerprint density at radius 1 is 0.714 bits per heavy atom. The molecule has 2 nitrogen and oxygen atoms in total. The Balaban J connectivity index is 1.43. The third-order valence-corrected chi connectivity index (χ3v) is 8.37. The Morgan fingerprint density at radius 3 is 2.24 bits per heavy atom. The molecule has 116 valence electrons. The van der Waals surface area contributed by atoms with Crippen molar-refractivity contribution in [1.82, 2.24) is 0 Å². The largest absolute Gasteiger partial charge is 0.369 e. The van der Waals surface area contributed by atoms with Crippen molar-refractivity contribution in [2.24, 2.45) is 59.0 Å². The summed E-state index contributed by atoms with van der Waals surface area (Å²) in [6.45, 7) is 0. The van der Waals surface area contributed by atoms with Gasteiger partial charge in [-0.15, -0.1) is 0 Å².